The average Bonchev–Trinajstić information content (AvgIpc) is 2.03. The number of amides is 1. The molecule has 0 bridgehead atoms. The summed E-state index contributed by atoms with van der Waals surface area (Å²) in [6.07, 6.45) is 2.21. The zero-order valence-corrected chi connectivity index (χ0v) is 8.89. The normalized spacial score (nSPS) is 21.3. The molecule has 0 aromatic rings. The number of carbonyl (C=O) groups is 1. The molecule has 0 aromatic carbocycles. The lowest BCUT2D eigenvalue weighted by Gasteiger charge is -2.36. The summed E-state index contributed by atoms with van der Waals surface area (Å²) in [5.41, 5.74) is 1.06. The number of carbonyl (C=O) groups excluding carboxylic acids is 1. The smallest absolute Gasteiger partial charge is 0.248 e. The molecule has 0 saturated carbocycles. The molecule has 2 nitrogen and oxygen atoms in total. The van der Waals surface area contributed by atoms with Gasteiger partial charge in [0, 0.05) is 18.7 Å². The third kappa shape index (κ3) is 2.58. The van der Waals surface area contributed by atoms with Crippen molar-refractivity contribution < 1.29 is 4.79 Å². The maximum atomic E-state index is 11.5. The lowest BCUT2D eigenvalue weighted by molar-refractivity contribution is -0.129. The Morgan fingerprint density at radius 1 is 1.31 bits per heavy atom. The van der Waals surface area contributed by atoms with Crippen LogP contribution in [0.1, 0.15) is 33.6 Å². The minimum atomic E-state index is 0.121. The highest BCUT2D eigenvalue weighted by Crippen LogP contribution is 2.29. The van der Waals surface area contributed by atoms with Gasteiger partial charge in [0.05, 0.1) is 0 Å². The molecule has 2 heteroatoms. The molecule has 0 aliphatic carbocycles. The summed E-state index contributed by atoms with van der Waals surface area (Å²) in [6.45, 7) is 11.7. The third-order valence-corrected chi connectivity index (χ3v) is 2.77. The van der Waals surface area contributed by atoms with Gasteiger partial charge >= 0.3 is 0 Å². The van der Waals surface area contributed by atoms with Crippen molar-refractivity contribution in [3.63, 3.8) is 0 Å². The predicted molar refractivity (Wildman–Crippen MR) is 54.4 cm³/mol. The second-order valence-corrected chi connectivity index (χ2v) is 4.74. The first-order valence-electron chi connectivity index (χ1n) is 4.87. The molecule has 1 heterocycles. The Kier molecular flexibility index (Phi) is 2.79. The number of rotatable bonds is 1. The highest BCUT2D eigenvalue weighted by atomic mass is 16.2. The lowest BCUT2D eigenvalue weighted by atomic mass is 9.82. The van der Waals surface area contributed by atoms with Crippen LogP contribution in [0.3, 0.4) is 0 Å². The Morgan fingerprint density at radius 3 is 2.15 bits per heavy atom. The molecule has 0 aromatic heterocycles. The van der Waals surface area contributed by atoms with E-state index in [1.54, 1.807) is 6.92 Å². The molecular weight excluding hydrogens is 162 g/mol. The van der Waals surface area contributed by atoms with Gasteiger partial charge in [-0.25, -0.2) is 0 Å². The van der Waals surface area contributed by atoms with Gasteiger partial charge in [0.2, 0.25) is 5.91 Å². The Morgan fingerprint density at radius 2 is 1.77 bits per heavy atom. The number of hydrogen-bond donors (Lipinski definition) is 0. The fourth-order valence-electron chi connectivity index (χ4n) is 1.59. The average molecular weight is 181 g/mol. The number of piperidine rings is 1. The summed E-state index contributed by atoms with van der Waals surface area (Å²) in [4.78, 5) is 13.4. The van der Waals surface area contributed by atoms with Crippen LogP contribution in [0.4, 0.5) is 0 Å². The molecule has 1 aliphatic rings. The van der Waals surface area contributed by atoms with E-state index in [-0.39, 0.29) is 5.91 Å². The van der Waals surface area contributed by atoms with Crippen LogP contribution in [0.25, 0.3) is 0 Å². The van der Waals surface area contributed by atoms with Crippen molar-refractivity contribution in [2.75, 3.05) is 13.1 Å². The number of likely N-dealkylation sites (tertiary alicyclic amines) is 1. The lowest BCUT2D eigenvalue weighted by Crippen LogP contribution is -2.41. The van der Waals surface area contributed by atoms with Crippen LogP contribution in [0, 0.1) is 5.41 Å². The largest absolute Gasteiger partial charge is 0.339 e. The van der Waals surface area contributed by atoms with Crippen LogP contribution in [0.5, 0.6) is 0 Å². The molecule has 1 rings (SSSR count). The van der Waals surface area contributed by atoms with Crippen molar-refractivity contribution >= 4 is 5.91 Å². The molecule has 1 amide bonds. The Hall–Kier alpha value is -0.790. The van der Waals surface area contributed by atoms with Crippen LogP contribution in [-0.4, -0.2) is 23.9 Å². The molecule has 0 atom stereocenters. The first-order valence-corrected chi connectivity index (χ1v) is 4.87. The fraction of sp³-hybridized carbons (Fsp3) is 0.727. The second kappa shape index (κ2) is 3.52. The zero-order chi connectivity index (χ0) is 10.1. The molecule has 1 aliphatic heterocycles. The van der Waals surface area contributed by atoms with E-state index in [0.717, 1.165) is 25.9 Å². The van der Waals surface area contributed by atoms with E-state index in [0.29, 0.717) is 11.0 Å². The molecule has 0 spiro atoms. The van der Waals surface area contributed by atoms with E-state index in [1.807, 2.05) is 4.90 Å². The molecular formula is C11H19NO. The van der Waals surface area contributed by atoms with E-state index >= 15 is 0 Å². The van der Waals surface area contributed by atoms with Crippen molar-refractivity contribution in [3.05, 3.63) is 12.2 Å². The molecule has 0 N–H and O–H groups in total. The molecule has 0 unspecified atom stereocenters. The van der Waals surface area contributed by atoms with Gasteiger partial charge in [0.1, 0.15) is 0 Å². The number of hydrogen-bond acceptors (Lipinski definition) is 1. The van der Waals surface area contributed by atoms with E-state index in [2.05, 4.69) is 20.4 Å². The van der Waals surface area contributed by atoms with Crippen molar-refractivity contribution in [2.45, 2.75) is 33.6 Å². The summed E-state index contributed by atoms with van der Waals surface area (Å²) >= 11 is 0. The van der Waals surface area contributed by atoms with E-state index in [9.17, 15) is 4.79 Å². The van der Waals surface area contributed by atoms with Gasteiger partial charge in [-0.15, -0.1) is 0 Å². The predicted octanol–water partition coefficient (Wildman–Crippen LogP) is 2.21. The molecule has 0 radical (unpaired) electrons. The summed E-state index contributed by atoms with van der Waals surface area (Å²) in [7, 11) is 0. The van der Waals surface area contributed by atoms with E-state index in [1.165, 1.54) is 0 Å². The van der Waals surface area contributed by atoms with Crippen LogP contribution < -0.4 is 0 Å². The van der Waals surface area contributed by atoms with Crippen LogP contribution in [0.2, 0.25) is 0 Å². The van der Waals surface area contributed by atoms with Gasteiger partial charge in [-0.2, -0.15) is 0 Å². The standard InChI is InChI=1S/C11H19NO/c1-9(2)10(13)12-7-5-11(3,4)6-8-12/h1,5-8H2,2-4H3. The summed E-state index contributed by atoms with van der Waals surface area (Å²) < 4.78 is 0. The summed E-state index contributed by atoms with van der Waals surface area (Å²) in [5, 5.41) is 0. The van der Waals surface area contributed by atoms with Crippen LogP contribution in [0.15, 0.2) is 12.2 Å². The molecule has 13 heavy (non-hydrogen) atoms. The first-order chi connectivity index (χ1) is 5.92. The monoisotopic (exact) mass is 181 g/mol. The van der Waals surface area contributed by atoms with E-state index in [4.69, 9.17) is 0 Å². The molecule has 1 fully saturated rings. The van der Waals surface area contributed by atoms with Crippen molar-refractivity contribution in [1.29, 1.82) is 0 Å². The Bertz CT molecular complexity index is 220. The van der Waals surface area contributed by atoms with Gasteiger partial charge in [0.25, 0.3) is 0 Å². The molecule has 74 valence electrons. The Balaban J connectivity index is 2.50. The van der Waals surface area contributed by atoms with Crippen molar-refractivity contribution in [1.82, 2.24) is 4.90 Å². The highest BCUT2D eigenvalue weighted by molar-refractivity contribution is 5.92. The van der Waals surface area contributed by atoms with Crippen molar-refractivity contribution in [3.8, 4) is 0 Å². The number of nitrogens with zero attached hydrogens (tertiary/aromatic N) is 1. The van der Waals surface area contributed by atoms with Gasteiger partial charge in [-0.3, -0.25) is 4.79 Å². The maximum absolute atomic E-state index is 11.5. The second-order valence-electron chi connectivity index (χ2n) is 4.74. The van der Waals surface area contributed by atoms with E-state index < -0.39 is 0 Å². The van der Waals surface area contributed by atoms with Crippen LogP contribution in [-0.2, 0) is 4.79 Å². The minimum Gasteiger partial charge on any atom is -0.339 e. The van der Waals surface area contributed by atoms with Crippen LogP contribution >= 0.6 is 0 Å². The first kappa shape index (κ1) is 10.3. The summed E-state index contributed by atoms with van der Waals surface area (Å²) in [5.74, 6) is 0.121. The minimum absolute atomic E-state index is 0.121. The highest BCUT2D eigenvalue weighted by Gasteiger charge is 2.27. The molecule has 1 saturated heterocycles. The SMILES string of the molecule is C=C(C)C(=O)N1CCC(C)(C)CC1. The topological polar surface area (TPSA) is 20.3 Å². The van der Waals surface area contributed by atoms with Gasteiger partial charge in [-0.1, -0.05) is 20.4 Å². The zero-order valence-electron chi connectivity index (χ0n) is 8.89. The quantitative estimate of drug-likeness (QED) is 0.568. The van der Waals surface area contributed by atoms with Gasteiger partial charge in [-0.05, 0) is 25.2 Å². The van der Waals surface area contributed by atoms with Gasteiger partial charge < -0.3 is 4.90 Å². The van der Waals surface area contributed by atoms with Gasteiger partial charge in [0.15, 0.2) is 0 Å². The Labute approximate surface area is 80.6 Å². The fourth-order valence-corrected chi connectivity index (χ4v) is 1.59. The maximum Gasteiger partial charge on any atom is 0.248 e. The summed E-state index contributed by atoms with van der Waals surface area (Å²) in [6, 6.07) is 0. The van der Waals surface area contributed by atoms with Crippen molar-refractivity contribution in [2.24, 2.45) is 5.41 Å². The third-order valence-electron chi connectivity index (χ3n) is 2.77.